The summed E-state index contributed by atoms with van der Waals surface area (Å²) in [6, 6.07) is 16.1. The van der Waals surface area contributed by atoms with Gasteiger partial charge in [0, 0.05) is 18.0 Å². The molecular weight excluding hydrogens is 298 g/mol. The average molecular weight is 319 g/mol. The Morgan fingerprint density at radius 1 is 1.04 bits per heavy atom. The van der Waals surface area contributed by atoms with Crippen LogP contribution in [0.25, 0.3) is 22.2 Å². The predicted octanol–water partition coefficient (Wildman–Crippen LogP) is 3.98. The van der Waals surface area contributed by atoms with E-state index in [1.165, 1.54) is 0 Å². The van der Waals surface area contributed by atoms with Gasteiger partial charge in [-0.05, 0) is 49.7 Å². The molecule has 1 aromatic heterocycles. The highest BCUT2D eigenvalue weighted by atomic mass is 16.5. The molecule has 0 saturated heterocycles. The van der Waals surface area contributed by atoms with E-state index in [0.29, 0.717) is 0 Å². The van der Waals surface area contributed by atoms with Crippen molar-refractivity contribution in [1.82, 2.24) is 4.57 Å². The van der Waals surface area contributed by atoms with Gasteiger partial charge in [-0.25, -0.2) is 0 Å². The van der Waals surface area contributed by atoms with Crippen LogP contribution in [0.2, 0.25) is 0 Å². The number of ether oxygens (including phenoxy) is 1. The van der Waals surface area contributed by atoms with Crippen molar-refractivity contribution in [2.24, 2.45) is 7.05 Å². The van der Waals surface area contributed by atoms with Crippen LogP contribution in [0.15, 0.2) is 48.5 Å². The second kappa shape index (κ2) is 6.07. The zero-order chi connectivity index (χ0) is 17.3. The Labute approximate surface area is 142 Å². The Morgan fingerprint density at radius 2 is 1.71 bits per heavy atom. The fourth-order valence-corrected chi connectivity index (χ4v) is 2.82. The number of rotatable bonds is 2. The van der Waals surface area contributed by atoms with Gasteiger partial charge < -0.3 is 14.4 Å². The lowest BCUT2D eigenvalue weighted by Crippen LogP contribution is -2.14. The summed E-state index contributed by atoms with van der Waals surface area (Å²) >= 11 is 0. The molecule has 0 atom stereocenters. The van der Waals surface area contributed by atoms with Gasteiger partial charge in [-0.15, -0.1) is 0 Å². The van der Waals surface area contributed by atoms with E-state index in [0.717, 1.165) is 33.5 Å². The lowest BCUT2D eigenvalue weighted by Gasteiger charge is -2.08. The molecule has 0 spiro atoms. The molecule has 0 radical (unpaired) electrons. The first-order valence-corrected chi connectivity index (χ1v) is 7.88. The summed E-state index contributed by atoms with van der Waals surface area (Å²) in [5.74, 6) is 6.96. The molecule has 122 valence electrons. The number of hydrogen-bond acceptors (Lipinski definition) is 2. The van der Waals surface area contributed by atoms with Gasteiger partial charge in [0.1, 0.15) is 11.4 Å². The first-order chi connectivity index (χ1) is 11.4. The predicted molar refractivity (Wildman–Crippen MR) is 98.1 cm³/mol. The quantitative estimate of drug-likeness (QED) is 0.725. The van der Waals surface area contributed by atoms with Crippen LogP contribution in [0.4, 0.5) is 0 Å². The molecule has 0 unspecified atom stereocenters. The van der Waals surface area contributed by atoms with Crippen LogP contribution < -0.4 is 4.74 Å². The highest BCUT2D eigenvalue weighted by Crippen LogP contribution is 2.33. The largest absolute Gasteiger partial charge is 0.497 e. The van der Waals surface area contributed by atoms with E-state index < -0.39 is 5.60 Å². The fraction of sp³-hybridized carbons (Fsp3) is 0.238. The summed E-state index contributed by atoms with van der Waals surface area (Å²) in [5.41, 5.74) is 3.11. The van der Waals surface area contributed by atoms with Gasteiger partial charge in [0.25, 0.3) is 0 Å². The first-order valence-electron chi connectivity index (χ1n) is 7.88. The molecule has 3 aromatic rings. The molecule has 0 aliphatic rings. The maximum atomic E-state index is 9.99. The van der Waals surface area contributed by atoms with Crippen molar-refractivity contribution >= 4 is 10.9 Å². The van der Waals surface area contributed by atoms with Gasteiger partial charge in [0.15, 0.2) is 0 Å². The Balaban J connectivity index is 2.28. The number of aliphatic hydroxyl groups is 1. The maximum Gasteiger partial charge on any atom is 0.120 e. The molecule has 0 aliphatic carbocycles. The van der Waals surface area contributed by atoms with Crippen LogP contribution in [0.5, 0.6) is 5.75 Å². The van der Waals surface area contributed by atoms with Gasteiger partial charge in [-0.2, -0.15) is 0 Å². The van der Waals surface area contributed by atoms with Crippen LogP contribution in [0, 0.1) is 11.8 Å². The van der Waals surface area contributed by atoms with E-state index in [4.69, 9.17) is 4.74 Å². The molecule has 0 bridgehead atoms. The minimum Gasteiger partial charge on any atom is -0.497 e. The first kappa shape index (κ1) is 16.2. The number of methoxy groups -OCH3 is 1. The van der Waals surface area contributed by atoms with Crippen molar-refractivity contribution in [3.8, 4) is 28.8 Å². The molecule has 1 N–H and O–H groups in total. The summed E-state index contributed by atoms with van der Waals surface area (Å²) in [4.78, 5) is 0. The smallest absolute Gasteiger partial charge is 0.120 e. The lowest BCUT2D eigenvalue weighted by molar-refractivity contribution is 0.143. The minimum atomic E-state index is -1.03. The van der Waals surface area contributed by atoms with Crippen LogP contribution in [0.3, 0.4) is 0 Å². The van der Waals surface area contributed by atoms with Crippen LogP contribution >= 0.6 is 0 Å². The Hall–Kier alpha value is -2.70. The average Bonchev–Trinajstić information content (AvgIpc) is 2.85. The number of para-hydroxylation sites is 1. The Kier molecular flexibility index (Phi) is 4.09. The molecule has 2 aromatic carbocycles. The van der Waals surface area contributed by atoms with E-state index in [2.05, 4.69) is 28.5 Å². The second-order valence-corrected chi connectivity index (χ2v) is 6.34. The molecule has 1 heterocycles. The van der Waals surface area contributed by atoms with Crippen molar-refractivity contribution < 1.29 is 9.84 Å². The molecule has 0 amide bonds. The topological polar surface area (TPSA) is 34.4 Å². The van der Waals surface area contributed by atoms with Crippen molar-refractivity contribution in [3.05, 3.63) is 54.1 Å². The zero-order valence-electron chi connectivity index (χ0n) is 14.4. The van der Waals surface area contributed by atoms with Gasteiger partial charge in [0.2, 0.25) is 0 Å². The number of aromatic nitrogens is 1. The van der Waals surface area contributed by atoms with Gasteiger partial charge >= 0.3 is 0 Å². The molecule has 0 fully saturated rings. The molecule has 0 saturated carbocycles. The molecule has 24 heavy (non-hydrogen) atoms. The monoisotopic (exact) mass is 319 g/mol. The molecule has 3 nitrogen and oxygen atoms in total. The lowest BCUT2D eigenvalue weighted by atomic mass is 10.0. The standard InChI is InChI=1S/C21H21NO2/c1-21(2,23)14-13-18-17-7-5-6-8-19(17)22(3)20(18)15-9-11-16(24-4)12-10-15/h5-12,23H,1-4H3. The maximum absolute atomic E-state index is 9.99. The van der Waals surface area contributed by atoms with Gasteiger partial charge in [-0.3, -0.25) is 0 Å². The van der Waals surface area contributed by atoms with Crippen molar-refractivity contribution in [2.75, 3.05) is 7.11 Å². The third-order valence-corrected chi connectivity index (χ3v) is 3.96. The van der Waals surface area contributed by atoms with Crippen LogP contribution in [0.1, 0.15) is 19.4 Å². The van der Waals surface area contributed by atoms with Crippen molar-refractivity contribution in [3.63, 3.8) is 0 Å². The van der Waals surface area contributed by atoms with E-state index in [1.54, 1.807) is 21.0 Å². The van der Waals surface area contributed by atoms with Crippen LogP contribution in [-0.2, 0) is 7.05 Å². The van der Waals surface area contributed by atoms with E-state index in [9.17, 15) is 5.11 Å². The molecule has 0 aliphatic heterocycles. The summed E-state index contributed by atoms with van der Waals surface area (Å²) in [5, 5.41) is 11.1. The minimum absolute atomic E-state index is 0.821. The number of hydrogen-bond donors (Lipinski definition) is 1. The third kappa shape index (κ3) is 3.02. The Bertz CT molecular complexity index is 932. The van der Waals surface area contributed by atoms with E-state index >= 15 is 0 Å². The summed E-state index contributed by atoms with van der Waals surface area (Å²) < 4.78 is 7.39. The highest BCUT2D eigenvalue weighted by Gasteiger charge is 2.16. The van der Waals surface area contributed by atoms with Crippen molar-refractivity contribution in [1.29, 1.82) is 0 Å². The number of nitrogens with zero attached hydrogens (tertiary/aromatic N) is 1. The summed E-state index contributed by atoms with van der Waals surface area (Å²) in [7, 11) is 3.70. The number of benzene rings is 2. The van der Waals surface area contributed by atoms with Crippen molar-refractivity contribution in [2.45, 2.75) is 19.4 Å². The normalized spacial score (nSPS) is 11.2. The molecule has 3 heteroatoms. The summed E-state index contributed by atoms with van der Waals surface area (Å²) in [6.07, 6.45) is 0. The van der Waals surface area contributed by atoms with E-state index in [-0.39, 0.29) is 0 Å². The van der Waals surface area contributed by atoms with Crippen LogP contribution in [-0.4, -0.2) is 22.4 Å². The summed E-state index contributed by atoms with van der Waals surface area (Å²) in [6.45, 7) is 3.39. The fourth-order valence-electron chi connectivity index (χ4n) is 2.82. The second-order valence-electron chi connectivity index (χ2n) is 6.34. The SMILES string of the molecule is COc1ccc(-c2c(C#CC(C)(C)O)c3ccccc3n2C)cc1. The molecule has 3 rings (SSSR count). The number of fused-ring (bicyclic) bond motifs is 1. The highest BCUT2D eigenvalue weighted by molar-refractivity contribution is 5.94. The van der Waals surface area contributed by atoms with Gasteiger partial charge in [0.05, 0.1) is 18.4 Å². The van der Waals surface area contributed by atoms with E-state index in [1.807, 2.05) is 43.4 Å². The Morgan fingerprint density at radius 3 is 2.33 bits per heavy atom. The number of aryl methyl sites for hydroxylation is 1. The zero-order valence-corrected chi connectivity index (χ0v) is 14.4. The molecular formula is C21H21NO2. The van der Waals surface area contributed by atoms with Gasteiger partial charge in [-0.1, -0.05) is 30.0 Å². The third-order valence-electron chi connectivity index (χ3n) is 3.96.